The molecule has 0 aliphatic carbocycles. The van der Waals surface area contributed by atoms with Crippen molar-refractivity contribution in [2.24, 2.45) is 0 Å². The normalized spacial score (nSPS) is 5.86. The molecular formula is C14H23NO5W. The summed E-state index contributed by atoms with van der Waals surface area (Å²) < 4.78 is 0. The molecule has 21 heavy (non-hydrogen) atoms. The average molecular weight is 469 g/mol. The van der Waals surface area contributed by atoms with Crippen molar-refractivity contribution in [1.82, 2.24) is 4.90 Å². The first-order chi connectivity index (χ1) is 9.79. The van der Waals surface area contributed by atoms with E-state index in [-0.39, 0.29) is 21.1 Å². The zero-order valence-electron chi connectivity index (χ0n) is 12.5. The molecule has 1 rings (SSSR count). The van der Waals surface area contributed by atoms with Crippen LogP contribution < -0.4 is 0 Å². The molecule has 120 valence electrons. The van der Waals surface area contributed by atoms with Crippen molar-refractivity contribution in [1.29, 1.82) is 0 Å². The summed E-state index contributed by atoms with van der Waals surface area (Å²) in [6.07, 6.45) is 0. The number of hydrogen-bond donors (Lipinski definition) is 0. The number of benzene rings is 1. The van der Waals surface area contributed by atoms with Crippen molar-refractivity contribution in [3.8, 4) is 0 Å². The predicted molar refractivity (Wildman–Crippen MR) is 79.4 cm³/mol. The van der Waals surface area contributed by atoms with Crippen LogP contribution in [0, 0.1) is 0 Å². The Labute approximate surface area is 140 Å². The van der Waals surface area contributed by atoms with E-state index in [0.29, 0.717) is 0 Å². The molecule has 0 unspecified atom stereocenters. The van der Waals surface area contributed by atoms with E-state index in [0.717, 1.165) is 6.54 Å². The Hall–Kier alpha value is -1.78. The maximum absolute atomic E-state index is 8.00. The fraction of sp³-hybridized carbons (Fsp3) is 0.214. The third-order valence-electron chi connectivity index (χ3n) is 1.34. The van der Waals surface area contributed by atoms with E-state index in [1.165, 1.54) is 5.56 Å². The van der Waals surface area contributed by atoms with Gasteiger partial charge in [0, 0.05) is 27.6 Å². The Morgan fingerprint density at radius 2 is 1.00 bits per heavy atom. The topological polar surface area (TPSA) is 88.6 Å². The molecule has 0 N–H and O–H groups in total. The number of rotatable bonds is 2. The van der Waals surface area contributed by atoms with E-state index in [1.54, 1.807) is 0 Å². The first kappa shape index (κ1) is 36.5. The summed E-state index contributed by atoms with van der Waals surface area (Å²) in [5.74, 6) is 0. The molecule has 7 heteroatoms. The van der Waals surface area contributed by atoms with Crippen LogP contribution in [-0.4, -0.2) is 52.9 Å². The Kier molecular flexibility index (Phi) is 89.9. The smallest absolute Gasteiger partial charge is 0.106 e. The molecule has 1 aromatic carbocycles. The van der Waals surface area contributed by atoms with Gasteiger partial charge in [-0.15, -0.1) is 0 Å². The molecule has 0 saturated heterocycles. The molecule has 6 nitrogen and oxygen atoms in total. The van der Waals surface area contributed by atoms with Gasteiger partial charge in [-0.3, -0.25) is 0 Å². The quantitative estimate of drug-likeness (QED) is 0.638. The Morgan fingerprint density at radius 3 is 1.24 bits per heavy atom. The van der Waals surface area contributed by atoms with Gasteiger partial charge in [0.05, 0.1) is 0 Å². The molecule has 0 radical (unpaired) electrons. The SMILES string of the molecule is C=O.C=O.C=O.C=O.C=O.CN(C)Cc1ccccc1.[W]. The zero-order chi connectivity index (χ0) is 17.4. The van der Waals surface area contributed by atoms with E-state index in [1.807, 2.05) is 40.0 Å². The van der Waals surface area contributed by atoms with Gasteiger partial charge in [0.25, 0.3) is 0 Å². The van der Waals surface area contributed by atoms with Crippen LogP contribution in [0.2, 0.25) is 0 Å². The van der Waals surface area contributed by atoms with Gasteiger partial charge in [-0.05, 0) is 19.7 Å². The molecule has 0 fully saturated rings. The van der Waals surface area contributed by atoms with Crippen LogP contribution in [0.5, 0.6) is 0 Å². The van der Waals surface area contributed by atoms with Crippen LogP contribution >= 0.6 is 0 Å². The van der Waals surface area contributed by atoms with E-state index in [2.05, 4.69) is 43.3 Å². The zero-order valence-corrected chi connectivity index (χ0v) is 15.5. The summed E-state index contributed by atoms with van der Waals surface area (Å²) in [6, 6.07) is 10.5. The standard InChI is InChI=1S/C9H13N.5CH2O.W/c1-10(2)8-9-6-4-3-5-7-9;5*1-2;/h3-7H,8H2,1-2H3;5*1H2;. The second-order valence-electron chi connectivity index (χ2n) is 2.72. The molecule has 1 aromatic rings. The molecule has 0 heterocycles. The van der Waals surface area contributed by atoms with Crippen LogP contribution in [0.15, 0.2) is 30.3 Å². The van der Waals surface area contributed by atoms with Crippen LogP contribution in [0.3, 0.4) is 0 Å². The minimum atomic E-state index is 0. The van der Waals surface area contributed by atoms with Crippen molar-refractivity contribution in [2.75, 3.05) is 14.1 Å². The van der Waals surface area contributed by atoms with Crippen LogP contribution in [0.1, 0.15) is 5.56 Å². The molecule has 0 spiro atoms. The van der Waals surface area contributed by atoms with Gasteiger partial charge in [-0.1, -0.05) is 30.3 Å². The van der Waals surface area contributed by atoms with Crippen molar-refractivity contribution < 1.29 is 45.0 Å². The predicted octanol–water partition coefficient (Wildman–Crippen LogP) is 0.821. The van der Waals surface area contributed by atoms with E-state index < -0.39 is 0 Å². The van der Waals surface area contributed by atoms with E-state index in [4.69, 9.17) is 24.0 Å². The van der Waals surface area contributed by atoms with Crippen molar-refractivity contribution >= 4 is 33.9 Å². The third kappa shape index (κ3) is 45.9. The third-order valence-corrected chi connectivity index (χ3v) is 1.34. The summed E-state index contributed by atoms with van der Waals surface area (Å²) in [6.45, 7) is 11.0. The molecule has 0 aliphatic heterocycles. The summed E-state index contributed by atoms with van der Waals surface area (Å²) in [4.78, 5) is 42.2. The molecular weight excluding hydrogens is 446 g/mol. The van der Waals surface area contributed by atoms with Gasteiger partial charge in [0.2, 0.25) is 0 Å². The number of carbonyl (C=O) groups excluding carboxylic acids is 5. The van der Waals surface area contributed by atoms with Crippen LogP contribution in [0.4, 0.5) is 0 Å². The van der Waals surface area contributed by atoms with Gasteiger partial charge in [-0.2, -0.15) is 0 Å². The van der Waals surface area contributed by atoms with Gasteiger partial charge in [0.1, 0.15) is 33.9 Å². The summed E-state index contributed by atoms with van der Waals surface area (Å²) in [5, 5.41) is 0. The summed E-state index contributed by atoms with van der Waals surface area (Å²) >= 11 is 0. The first-order valence-corrected chi connectivity index (χ1v) is 4.92. The molecule has 0 atom stereocenters. The summed E-state index contributed by atoms with van der Waals surface area (Å²) in [7, 11) is 4.15. The molecule has 0 amide bonds. The Balaban J connectivity index is -0.0000000440. The first-order valence-electron chi connectivity index (χ1n) is 4.92. The second kappa shape index (κ2) is 51.7. The van der Waals surface area contributed by atoms with Gasteiger partial charge >= 0.3 is 0 Å². The molecule has 0 saturated carbocycles. The van der Waals surface area contributed by atoms with Gasteiger partial charge < -0.3 is 28.9 Å². The molecule has 0 aliphatic rings. The van der Waals surface area contributed by atoms with Crippen LogP contribution in [-0.2, 0) is 51.6 Å². The van der Waals surface area contributed by atoms with E-state index >= 15 is 0 Å². The monoisotopic (exact) mass is 469 g/mol. The minimum Gasteiger partial charge on any atom is -0.307 e. The molecule has 0 aromatic heterocycles. The van der Waals surface area contributed by atoms with Crippen molar-refractivity contribution in [3.05, 3.63) is 35.9 Å². The number of hydrogen-bond acceptors (Lipinski definition) is 6. The van der Waals surface area contributed by atoms with Crippen LogP contribution in [0.25, 0.3) is 0 Å². The largest absolute Gasteiger partial charge is 0.307 e. The van der Waals surface area contributed by atoms with Crippen molar-refractivity contribution in [2.45, 2.75) is 6.54 Å². The fourth-order valence-corrected chi connectivity index (χ4v) is 0.949. The van der Waals surface area contributed by atoms with Gasteiger partial charge in [0.15, 0.2) is 0 Å². The average Bonchev–Trinajstić information content (AvgIpc) is 2.57. The number of nitrogens with zero attached hydrogens (tertiary/aromatic N) is 1. The maximum Gasteiger partial charge on any atom is 0.106 e. The fourth-order valence-electron chi connectivity index (χ4n) is 0.949. The summed E-state index contributed by atoms with van der Waals surface area (Å²) in [5.41, 5.74) is 1.37. The second-order valence-corrected chi connectivity index (χ2v) is 2.72. The minimum absolute atomic E-state index is 0. The number of carbonyl (C=O) groups is 5. The Bertz CT molecular complexity index is 251. The van der Waals surface area contributed by atoms with Gasteiger partial charge in [-0.25, -0.2) is 0 Å². The maximum atomic E-state index is 8.00. The van der Waals surface area contributed by atoms with Crippen molar-refractivity contribution in [3.63, 3.8) is 0 Å². The molecule has 0 bridgehead atoms. The Morgan fingerprint density at radius 1 is 0.714 bits per heavy atom. The van der Waals surface area contributed by atoms with E-state index in [9.17, 15) is 0 Å².